The maximum Gasteiger partial charge on any atom is 0.348 e. The van der Waals surface area contributed by atoms with E-state index < -0.39 is 0 Å². The molecule has 0 amide bonds. The van der Waals surface area contributed by atoms with Crippen molar-refractivity contribution in [2.75, 3.05) is 18.1 Å². The van der Waals surface area contributed by atoms with Gasteiger partial charge in [0.05, 0.1) is 12.0 Å². The molecule has 0 spiro atoms. The molecule has 5 nitrogen and oxygen atoms in total. The van der Waals surface area contributed by atoms with Gasteiger partial charge in [0.1, 0.15) is 21.9 Å². The van der Waals surface area contributed by atoms with E-state index in [9.17, 15) is 4.79 Å². The molecular formula is C19H19N3O2S. The third kappa shape index (κ3) is 2.76. The van der Waals surface area contributed by atoms with Crippen LogP contribution < -0.4 is 4.90 Å². The van der Waals surface area contributed by atoms with Gasteiger partial charge >= 0.3 is 5.97 Å². The Kier molecular flexibility index (Phi) is 4.13. The Labute approximate surface area is 150 Å². The van der Waals surface area contributed by atoms with Gasteiger partial charge in [0.25, 0.3) is 0 Å². The monoisotopic (exact) mass is 353 g/mol. The number of thiophene rings is 1. The topological polar surface area (TPSA) is 55.3 Å². The molecule has 0 saturated heterocycles. The van der Waals surface area contributed by atoms with Crippen molar-refractivity contribution in [2.45, 2.75) is 26.8 Å². The third-order valence-corrected chi connectivity index (χ3v) is 5.78. The molecule has 128 valence electrons. The molecule has 6 heteroatoms. The summed E-state index contributed by atoms with van der Waals surface area (Å²) < 4.78 is 5.18. The van der Waals surface area contributed by atoms with Crippen molar-refractivity contribution in [3.05, 3.63) is 52.2 Å². The zero-order valence-electron chi connectivity index (χ0n) is 14.3. The van der Waals surface area contributed by atoms with E-state index in [1.807, 2.05) is 13.8 Å². The minimum absolute atomic E-state index is 0.280. The van der Waals surface area contributed by atoms with Crippen LogP contribution in [0.1, 0.15) is 33.3 Å². The third-order valence-electron chi connectivity index (χ3n) is 4.60. The first-order chi connectivity index (χ1) is 12.2. The summed E-state index contributed by atoms with van der Waals surface area (Å²) in [6, 6.07) is 8.53. The van der Waals surface area contributed by atoms with Crippen LogP contribution >= 0.6 is 11.3 Å². The number of carbonyl (C=O) groups is 1. The number of hydrogen-bond acceptors (Lipinski definition) is 6. The van der Waals surface area contributed by atoms with Gasteiger partial charge in [-0.2, -0.15) is 0 Å². The number of fused-ring (bicyclic) bond motifs is 2. The first-order valence-electron chi connectivity index (χ1n) is 8.42. The number of benzene rings is 1. The van der Waals surface area contributed by atoms with E-state index in [0.717, 1.165) is 41.1 Å². The zero-order valence-corrected chi connectivity index (χ0v) is 15.1. The van der Waals surface area contributed by atoms with Crippen molar-refractivity contribution < 1.29 is 9.53 Å². The number of aryl methyl sites for hydroxylation is 1. The predicted molar refractivity (Wildman–Crippen MR) is 99.3 cm³/mol. The Balaban J connectivity index is 1.77. The van der Waals surface area contributed by atoms with Gasteiger partial charge in [-0.3, -0.25) is 0 Å². The molecular weight excluding hydrogens is 334 g/mol. The summed E-state index contributed by atoms with van der Waals surface area (Å²) in [5.74, 6) is 0.627. The Morgan fingerprint density at radius 1 is 1.28 bits per heavy atom. The van der Waals surface area contributed by atoms with Crippen LogP contribution in [0.4, 0.5) is 5.82 Å². The Bertz CT molecular complexity index is 951. The summed E-state index contributed by atoms with van der Waals surface area (Å²) in [5.41, 5.74) is 3.64. The number of anilines is 1. The standard InChI is InChI=1S/C19H19N3O2S/c1-3-24-19(23)16-12(2)15-17(20-11-21-18(15)25-16)22-9-8-13-6-4-5-7-14(13)10-22/h4-7,11H,3,8-10H2,1-2H3. The Morgan fingerprint density at radius 2 is 2.08 bits per heavy atom. The second-order valence-electron chi connectivity index (χ2n) is 6.09. The zero-order chi connectivity index (χ0) is 17.4. The van der Waals surface area contributed by atoms with Gasteiger partial charge in [0.2, 0.25) is 0 Å². The Morgan fingerprint density at radius 3 is 2.88 bits per heavy atom. The van der Waals surface area contributed by atoms with E-state index >= 15 is 0 Å². The summed E-state index contributed by atoms with van der Waals surface area (Å²) in [4.78, 5) is 24.9. The van der Waals surface area contributed by atoms with Crippen LogP contribution in [0.5, 0.6) is 0 Å². The van der Waals surface area contributed by atoms with E-state index in [1.165, 1.54) is 22.5 Å². The predicted octanol–water partition coefficient (Wildman–Crippen LogP) is 3.74. The van der Waals surface area contributed by atoms with Crippen LogP contribution in [-0.4, -0.2) is 29.1 Å². The van der Waals surface area contributed by atoms with Gasteiger partial charge < -0.3 is 9.64 Å². The molecule has 0 saturated carbocycles. The lowest BCUT2D eigenvalue weighted by molar-refractivity contribution is 0.0531. The normalized spacial score (nSPS) is 13.8. The SMILES string of the molecule is CCOC(=O)c1sc2ncnc(N3CCc4ccccc4C3)c2c1C. The summed E-state index contributed by atoms with van der Waals surface area (Å²) in [5, 5.41) is 0.968. The van der Waals surface area contributed by atoms with Crippen LogP contribution in [0.3, 0.4) is 0 Å². The first-order valence-corrected chi connectivity index (χ1v) is 9.23. The van der Waals surface area contributed by atoms with Crippen molar-refractivity contribution >= 4 is 33.3 Å². The van der Waals surface area contributed by atoms with Crippen LogP contribution in [0.25, 0.3) is 10.2 Å². The highest BCUT2D eigenvalue weighted by molar-refractivity contribution is 7.20. The molecule has 0 fully saturated rings. The van der Waals surface area contributed by atoms with E-state index in [-0.39, 0.29) is 5.97 Å². The van der Waals surface area contributed by atoms with Crippen LogP contribution in [0.2, 0.25) is 0 Å². The quantitative estimate of drug-likeness (QED) is 0.672. The van der Waals surface area contributed by atoms with E-state index in [2.05, 4.69) is 39.1 Å². The molecule has 25 heavy (non-hydrogen) atoms. The minimum atomic E-state index is -0.280. The van der Waals surface area contributed by atoms with Gasteiger partial charge in [-0.1, -0.05) is 24.3 Å². The number of aromatic nitrogens is 2. The second kappa shape index (κ2) is 6.44. The smallest absolute Gasteiger partial charge is 0.348 e. The lowest BCUT2D eigenvalue weighted by Crippen LogP contribution is -2.31. The molecule has 1 aliphatic heterocycles. The molecule has 3 heterocycles. The lowest BCUT2D eigenvalue weighted by atomic mass is 9.99. The fraction of sp³-hybridized carbons (Fsp3) is 0.316. The summed E-state index contributed by atoms with van der Waals surface area (Å²) in [7, 11) is 0. The second-order valence-corrected chi connectivity index (χ2v) is 7.09. The van der Waals surface area contributed by atoms with Crippen LogP contribution in [0.15, 0.2) is 30.6 Å². The molecule has 2 aromatic heterocycles. The van der Waals surface area contributed by atoms with Gasteiger partial charge in [0.15, 0.2) is 0 Å². The van der Waals surface area contributed by atoms with Crippen molar-refractivity contribution in [3.8, 4) is 0 Å². The number of ether oxygens (including phenoxy) is 1. The van der Waals surface area contributed by atoms with E-state index in [0.29, 0.717) is 11.5 Å². The summed E-state index contributed by atoms with van der Waals surface area (Å²) in [6.07, 6.45) is 2.58. The van der Waals surface area contributed by atoms with Crippen LogP contribution in [-0.2, 0) is 17.7 Å². The molecule has 0 atom stereocenters. The molecule has 1 aromatic carbocycles. The maximum absolute atomic E-state index is 12.2. The molecule has 0 unspecified atom stereocenters. The fourth-order valence-electron chi connectivity index (χ4n) is 3.36. The van der Waals surface area contributed by atoms with E-state index in [1.54, 1.807) is 6.33 Å². The molecule has 4 rings (SSSR count). The van der Waals surface area contributed by atoms with Gasteiger partial charge in [-0.05, 0) is 37.0 Å². The van der Waals surface area contributed by atoms with Crippen molar-refractivity contribution in [1.29, 1.82) is 0 Å². The van der Waals surface area contributed by atoms with Gasteiger partial charge in [-0.25, -0.2) is 14.8 Å². The highest BCUT2D eigenvalue weighted by atomic mass is 32.1. The average Bonchev–Trinajstić information content (AvgIpc) is 2.99. The molecule has 0 bridgehead atoms. The lowest BCUT2D eigenvalue weighted by Gasteiger charge is -2.30. The Hall–Kier alpha value is -2.47. The molecule has 3 aromatic rings. The fourth-order valence-corrected chi connectivity index (χ4v) is 4.40. The first kappa shape index (κ1) is 16.0. The molecule has 0 radical (unpaired) electrons. The molecule has 0 aliphatic carbocycles. The highest BCUT2D eigenvalue weighted by Crippen LogP contribution is 2.36. The van der Waals surface area contributed by atoms with Gasteiger partial charge in [0, 0.05) is 13.1 Å². The summed E-state index contributed by atoms with van der Waals surface area (Å²) >= 11 is 1.38. The highest BCUT2D eigenvalue weighted by Gasteiger charge is 2.24. The number of esters is 1. The largest absolute Gasteiger partial charge is 0.462 e. The maximum atomic E-state index is 12.2. The van der Waals surface area contributed by atoms with E-state index in [4.69, 9.17) is 4.74 Å². The number of carbonyl (C=O) groups excluding carboxylic acids is 1. The molecule has 0 N–H and O–H groups in total. The number of nitrogens with zero attached hydrogens (tertiary/aromatic N) is 3. The van der Waals surface area contributed by atoms with Crippen molar-refractivity contribution in [2.24, 2.45) is 0 Å². The van der Waals surface area contributed by atoms with Crippen molar-refractivity contribution in [1.82, 2.24) is 9.97 Å². The van der Waals surface area contributed by atoms with Crippen LogP contribution in [0, 0.1) is 6.92 Å². The van der Waals surface area contributed by atoms with Gasteiger partial charge in [-0.15, -0.1) is 11.3 Å². The van der Waals surface area contributed by atoms with Crippen molar-refractivity contribution in [3.63, 3.8) is 0 Å². The number of rotatable bonds is 3. The summed E-state index contributed by atoms with van der Waals surface area (Å²) in [6.45, 7) is 5.88. The number of hydrogen-bond donors (Lipinski definition) is 0. The average molecular weight is 353 g/mol. The molecule has 1 aliphatic rings. The minimum Gasteiger partial charge on any atom is -0.462 e.